The summed E-state index contributed by atoms with van der Waals surface area (Å²) >= 11 is 1.67. The number of rotatable bonds is 10. The molecule has 0 bridgehead atoms. The fourth-order valence-corrected chi connectivity index (χ4v) is 7.39. The van der Waals surface area contributed by atoms with Crippen molar-refractivity contribution in [3.8, 4) is 34.5 Å². The fraction of sp³-hybridized carbons (Fsp3) is 0.158. The molecule has 0 spiro atoms. The van der Waals surface area contributed by atoms with Crippen LogP contribution in [0.5, 0.6) is 11.5 Å². The molecule has 6 rings (SSSR count). The Balaban J connectivity index is 0.00000451. The van der Waals surface area contributed by atoms with E-state index >= 15 is 0 Å². The van der Waals surface area contributed by atoms with E-state index in [0.29, 0.717) is 6.54 Å². The number of para-hydroxylation sites is 1. The number of hydrogen-bond acceptors (Lipinski definition) is 8. The van der Waals surface area contributed by atoms with Gasteiger partial charge in [-0.1, -0.05) is 48.0 Å². The Kier molecular flexibility index (Phi) is 11.5. The Morgan fingerprint density at radius 2 is 1.27 bits per heavy atom. The first-order valence-corrected chi connectivity index (χ1v) is 17.3. The van der Waals surface area contributed by atoms with Gasteiger partial charge in [-0.2, -0.15) is 0 Å². The molecule has 7 nitrogen and oxygen atoms in total. The van der Waals surface area contributed by atoms with Gasteiger partial charge >= 0.3 is 29.6 Å². The molecule has 0 radical (unpaired) electrons. The van der Waals surface area contributed by atoms with E-state index in [1.165, 1.54) is 0 Å². The van der Waals surface area contributed by atoms with Crippen LogP contribution in [0.25, 0.3) is 11.1 Å². The van der Waals surface area contributed by atoms with Gasteiger partial charge in [-0.05, 0) is 109 Å². The van der Waals surface area contributed by atoms with Crippen LogP contribution in [0.3, 0.4) is 0 Å². The first-order valence-electron chi connectivity index (χ1n) is 15.0. The molecule has 1 aliphatic rings. The zero-order valence-electron chi connectivity index (χ0n) is 27.2. The molecular formula is C38H33N2NaO5S2. The first kappa shape index (κ1) is 35.4. The summed E-state index contributed by atoms with van der Waals surface area (Å²) in [6, 6.07) is 38.6. The van der Waals surface area contributed by atoms with E-state index in [4.69, 9.17) is 9.47 Å². The quantitative estimate of drug-likeness (QED) is 0.104. The third kappa shape index (κ3) is 7.71. The predicted octanol–water partition coefficient (Wildman–Crippen LogP) is 5.77. The molecule has 1 heterocycles. The van der Waals surface area contributed by atoms with Gasteiger partial charge in [-0.25, -0.2) is 8.42 Å². The second-order valence-electron chi connectivity index (χ2n) is 10.8. The van der Waals surface area contributed by atoms with E-state index in [0.717, 1.165) is 60.9 Å². The molecular weight excluding hydrogens is 652 g/mol. The molecule has 10 heteroatoms. The minimum Gasteiger partial charge on any atom is -0.747 e. The maximum absolute atomic E-state index is 11.9. The maximum atomic E-state index is 11.9. The van der Waals surface area contributed by atoms with Crippen molar-refractivity contribution in [2.75, 3.05) is 30.6 Å². The molecule has 1 unspecified atom stereocenters. The zero-order valence-corrected chi connectivity index (χ0v) is 30.8. The topological polar surface area (TPSA) is 82.1 Å². The van der Waals surface area contributed by atoms with Crippen LogP contribution in [-0.2, 0) is 10.1 Å². The summed E-state index contributed by atoms with van der Waals surface area (Å²) in [7, 11) is -1.26. The van der Waals surface area contributed by atoms with Crippen molar-refractivity contribution in [2.24, 2.45) is 0 Å². The molecule has 48 heavy (non-hydrogen) atoms. The van der Waals surface area contributed by atoms with E-state index in [-0.39, 0.29) is 36.0 Å². The van der Waals surface area contributed by atoms with E-state index in [1.807, 2.05) is 72.8 Å². The van der Waals surface area contributed by atoms with Crippen molar-refractivity contribution in [2.45, 2.75) is 28.4 Å². The Morgan fingerprint density at radius 1 is 0.750 bits per heavy atom. The summed E-state index contributed by atoms with van der Waals surface area (Å²) in [6.07, 6.45) is 0.0938. The second-order valence-corrected chi connectivity index (χ2v) is 13.5. The molecule has 1 atom stereocenters. The summed E-state index contributed by atoms with van der Waals surface area (Å²) < 4.78 is 46.6. The second kappa shape index (κ2) is 15.6. The van der Waals surface area contributed by atoms with Gasteiger partial charge in [-0.3, -0.25) is 0 Å². The van der Waals surface area contributed by atoms with Gasteiger partial charge < -0.3 is 23.8 Å². The van der Waals surface area contributed by atoms with Crippen molar-refractivity contribution in [3.05, 3.63) is 115 Å². The third-order valence-electron chi connectivity index (χ3n) is 8.01. The minimum absolute atomic E-state index is 0. The van der Waals surface area contributed by atoms with Crippen LogP contribution >= 0.6 is 11.8 Å². The Bertz CT molecular complexity index is 2000. The van der Waals surface area contributed by atoms with Crippen LogP contribution in [0, 0.1) is 11.8 Å². The van der Waals surface area contributed by atoms with Crippen LogP contribution in [0.4, 0.5) is 28.4 Å². The van der Waals surface area contributed by atoms with Gasteiger partial charge in [0.1, 0.15) is 26.9 Å². The monoisotopic (exact) mass is 684 g/mol. The SMILES string of the molecule is CC#CC(CCN1c2ccccc2Sc2ccc(-c3ccc(N(c4ccc(OC)cc4)c4ccc(OC)cc4)cc3)cc21)S(=O)(=O)[O-].[Na+]. The molecule has 0 N–H and O–H groups in total. The van der Waals surface area contributed by atoms with Gasteiger partial charge in [0.25, 0.3) is 0 Å². The zero-order chi connectivity index (χ0) is 33.0. The number of ether oxygens (including phenoxy) is 2. The molecule has 1 aliphatic heterocycles. The number of hydrogen-bond donors (Lipinski definition) is 0. The molecule has 0 saturated heterocycles. The molecule has 0 aromatic heterocycles. The molecule has 238 valence electrons. The van der Waals surface area contributed by atoms with Gasteiger partial charge in [0.15, 0.2) is 0 Å². The van der Waals surface area contributed by atoms with Crippen molar-refractivity contribution in [1.82, 2.24) is 0 Å². The van der Waals surface area contributed by atoms with Crippen LogP contribution in [-0.4, -0.2) is 39.0 Å². The van der Waals surface area contributed by atoms with Gasteiger partial charge in [0, 0.05) is 33.4 Å². The predicted molar refractivity (Wildman–Crippen MR) is 189 cm³/mol. The average Bonchev–Trinajstić information content (AvgIpc) is 3.10. The number of benzene rings is 5. The van der Waals surface area contributed by atoms with E-state index in [2.05, 4.69) is 64.1 Å². The smallest absolute Gasteiger partial charge is 0.747 e. The van der Waals surface area contributed by atoms with Gasteiger partial charge in [0.05, 0.1) is 25.6 Å². The van der Waals surface area contributed by atoms with Crippen molar-refractivity contribution in [3.63, 3.8) is 0 Å². The summed E-state index contributed by atoms with van der Waals surface area (Å²) in [4.78, 5) is 6.39. The molecule has 5 aromatic carbocycles. The molecule has 5 aromatic rings. The largest absolute Gasteiger partial charge is 1.00 e. The fourth-order valence-electron chi connectivity index (χ4n) is 5.66. The van der Waals surface area contributed by atoms with Gasteiger partial charge in [-0.15, -0.1) is 5.92 Å². The van der Waals surface area contributed by atoms with Crippen molar-refractivity contribution >= 4 is 50.3 Å². The molecule has 0 fully saturated rings. The minimum atomic E-state index is -4.56. The average molecular weight is 685 g/mol. The number of methoxy groups -OCH3 is 2. The van der Waals surface area contributed by atoms with E-state index in [1.54, 1.807) is 32.9 Å². The van der Waals surface area contributed by atoms with Gasteiger partial charge in [0.2, 0.25) is 0 Å². The summed E-state index contributed by atoms with van der Waals surface area (Å²) in [6.45, 7) is 1.87. The summed E-state index contributed by atoms with van der Waals surface area (Å²) in [5.74, 6) is 6.77. The standard InChI is InChI=1S/C38H34N2O5S2.Na/c1-4-7-34(47(41,42)43)24-25-39-35-8-5-6-9-37(35)46-38-23-12-28(26-36(38)39)27-10-13-29(14-11-27)40(30-15-19-32(44-2)20-16-30)31-17-21-33(45-3)22-18-31;/h5-6,8-23,26,34H,24-25H2,1-3H3,(H,41,42,43);/q;+1/p-1. The number of nitrogens with zero attached hydrogens (tertiary/aromatic N) is 2. The summed E-state index contributed by atoms with van der Waals surface area (Å²) in [5, 5.41) is -1.27. The first-order chi connectivity index (χ1) is 22.8. The van der Waals surface area contributed by atoms with E-state index in [9.17, 15) is 13.0 Å². The van der Waals surface area contributed by atoms with Crippen LogP contribution in [0.15, 0.2) is 125 Å². The Morgan fingerprint density at radius 3 is 1.81 bits per heavy atom. The number of fused-ring (bicyclic) bond motifs is 2. The Hall–Kier alpha value is -3.88. The van der Waals surface area contributed by atoms with Crippen LogP contribution in [0.2, 0.25) is 0 Å². The number of anilines is 5. The van der Waals surface area contributed by atoms with E-state index < -0.39 is 15.4 Å². The van der Waals surface area contributed by atoms with Crippen molar-refractivity contribution < 1.29 is 52.0 Å². The summed E-state index contributed by atoms with van der Waals surface area (Å²) in [5.41, 5.74) is 6.92. The maximum Gasteiger partial charge on any atom is 1.00 e. The third-order valence-corrected chi connectivity index (χ3v) is 10.2. The van der Waals surface area contributed by atoms with Crippen LogP contribution in [0.1, 0.15) is 13.3 Å². The molecule has 0 amide bonds. The molecule has 0 saturated carbocycles. The Labute approximate surface area is 308 Å². The normalized spacial score (nSPS) is 12.4. The van der Waals surface area contributed by atoms with Crippen LogP contribution < -0.4 is 48.8 Å². The van der Waals surface area contributed by atoms with Crippen molar-refractivity contribution in [1.29, 1.82) is 0 Å². The molecule has 0 aliphatic carbocycles.